The summed E-state index contributed by atoms with van der Waals surface area (Å²) in [5, 5.41) is 1.20. The van der Waals surface area contributed by atoms with Crippen LogP contribution in [0.3, 0.4) is 0 Å². The van der Waals surface area contributed by atoms with Crippen LogP contribution in [0.5, 0.6) is 0 Å². The van der Waals surface area contributed by atoms with Crippen LogP contribution in [0, 0.1) is 0 Å². The summed E-state index contributed by atoms with van der Waals surface area (Å²) in [4.78, 5) is 18.1. The predicted octanol–water partition coefficient (Wildman–Crippen LogP) is 3.14. The summed E-state index contributed by atoms with van der Waals surface area (Å²) < 4.78 is 2.27. The molecular formula is C20H24N4O. The highest BCUT2D eigenvalue weighted by Gasteiger charge is 2.08. The molecule has 0 unspecified atom stereocenters. The third-order valence-electron chi connectivity index (χ3n) is 4.62. The van der Waals surface area contributed by atoms with Crippen LogP contribution in [0.2, 0.25) is 0 Å². The van der Waals surface area contributed by atoms with Crippen LogP contribution in [-0.2, 0) is 6.54 Å². The Kier molecular flexibility index (Phi) is 5.14. The van der Waals surface area contributed by atoms with Gasteiger partial charge in [-0.3, -0.25) is 4.79 Å². The number of carbonyl (C=O) groups excluding carboxylic acids is 1. The fraction of sp³-hybridized carbons (Fsp3) is 0.300. The zero-order chi connectivity index (χ0) is 17.8. The van der Waals surface area contributed by atoms with E-state index in [1.807, 2.05) is 18.2 Å². The van der Waals surface area contributed by atoms with Gasteiger partial charge in [-0.25, -0.2) is 4.98 Å². The van der Waals surface area contributed by atoms with Crippen molar-refractivity contribution in [2.75, 3.05) is 19.6 Å². The normalized spacial score (nSPS) is 11.3. The van der Waals surface area contributed by atoms with Gasteiger partial charge in [0.25, 0.3) is 5.91 Å². The first-order chi connectivity index (χ1) is 12.1. The summed E-state index contributed by atoms with van der Waals surface area (Å²) in [5.74, 6) is -0.509. The lowest BCUT2D eigenvalue weighted by Gasteiger charge is -2.18. The number of carbonyl (C=O) groups is 1. The van der Waals surface area contributed by atoms with Gasteiger partial charge >= 0.3 is 0 Å². The number of hydrogen-bond acceptors (Lipinski definition) is 3. The molecule has 3 rings (SSSR count). The lowest BCUT2D eigenvalue weighted by molar-refractivity contribution is 0.0995. The molecule has 130 valence electrons. The molecule has 0 atom stereocenters. The van der Waals surface area contributed by atoms with E-state index in [1.54, 1.807) is 6.07 Å². The maximum Gasteiger partial charge on any atom is 0.267 e. The number of hydrogen-bond donors (Lipinski definition) is 1. The second-order valence-electron chi connectivity index (χ2n) is 6.08. The van der Waals surface area contributed by atoms with Gasteiger partial charge in [0.1, 0.15) is 5.69 Å². The molecule has 1 aromatic carbocycles. The van der Waals surface area contributed by atoms with Gasteiger partial charge in [0.15, 0.2) is 0 Å². The van der Waals surface area contributed by atoms with Crippen molar-refractivity contribution in [3.8, 4) is 11.3 Å². The first-order valence-corrected chi connectivity index (χ1v) is 8.71. The van der Waals surface area contributed by atoms with E-state index in [-0.39, 0.29) is 5.69 Å². The van der Waals surface area contributed by atoms with E-state index in [1.165, 1.54) is 10.9 Å². The van der Waals surface area contributed by atoms with E-state index in [0.717, 1.165) is 37.4 Å². The first kappa shape index (κ1) is 17.2. The van der Waals surface area contributed by atoms with Gasteiger partial charge in [0, 0.05) is 30.4 Å². The molecule has 2 aromatic heterocycles. The van der Waals surface area contributed by atoms with Gasteiger partial charge in [-0.15, -0.1) is 0 Å². The molecule has 2 N–H and O–H groups in total. The maximum atomic E-state index is 11.4. The smallest absolute Gasteiger partial charge is 0.267 e. The Balaban J connectivity index is 1.92. The molecule has 5 heteroatoms. The maximum absolute atomic E-state index is 11.4. The molecule has 1 amide bonds. The lowest BCUT2D eigenvalue weighted by Crippen LogP contribution is -2.26. The SMILES string of the molecule is CCN(CC)CCn1ccc2ccc(-c3cccc(C(N)=O)n3)cc21. The van der Waals surface area contributed by atoms with Gasteiger partial charge < -0.3 is 15.2 Å². The minimum atomic E-state index is -0.509. The van der Waals surface area contributed by atoms with Gasteiger partial charge in [-0.2, -0.15) is 0 Å². The molecule has 2 heterocycles. The zero-order valence-corrected chi connectivity index (χ0v) is 14.8. The van der Waals surface area contributed by atoms with Crippen LogP contribution < -0.4 is 5.73 Å². The third kappa shape index (κ3) is 3.72. The topological polar surface area (TPSA) is 64.2 Å². The number of nitrogens with zero attached hydrogens (tertiary/aromatic N) is 3. The summed E-state index contributed by atoms with van der Waals surface area (Å²) in [6.45, 7) is 8.47. The number of fused-ring (bicyclic) bond motifs is 1. The van der Waals surface area contributed by atoms with E-state index in [9.17, 15) is 4.79 Å². The number of benzene rings is 1. The van der Waals surface area contributed by atoms with Gasteiger partial charge in [0.2, 0.25) is 0 Å². The van der Waals surface area contributed by atoms with Crippen molar-refractivity contribution < 1.29 is 4.79 Å². The summed E-state index contributed by atoms with van der Waals surface area (Å²) >= 11 is 0. The van der Waals surface area contributed by atoms with Crippen molar-refractivity contribution in [1.82, 2.24) is 14.5 Å². The molecule has 0 aliphatic rings. The molecule has 0 fully saturated rings. The van der Waals surface area contributed by atoms with Crippen LogP contribution in [0.25, 0.3) is 22.2 Å². The van der Waals surface area contributed by atoms with E-state index in [4.69, 9.17) is 5.73 Å². The Morgan fingerprint density at radius 1 is 1.16 bits per heavy atom. The average molecular weight is 336 g/mol. The van der Waals surface area contributed by atoms with Crippen LogP contribution in [-0.4, -0.2) is 40.0 Å². The van der Waals surface area contributed by atoms with Crippen LogP contribution in [0.1, 0.15) is 24.3 Å². The monoisotopic (exact) mass is 336 g/mol. The highest BCUT2D eigenvalue weighted by Crippen LogP contribution is 2.24. The Hall–Kier alpha value is -2.66. The lowest BCUT2D eigenvalue weighted by atomic mass is 10.1. The van der Waals surface area contributed by atoms with Crippen molar-refractivity contribution >= 4 is 16.8 Å². The molecule has 5 nitrogen and oxygen atoms in total. The summed E-state index contributed by atoms with van der Waals surface area (Å²) in [7, 11) is 0. The fourth-order valence-electron chi connectivity index (χ4n) is 3.06. The zero-order valence-electron chi connectivity index (χ0n) is 14.8. The summed E-state index contributed by atoms with van der Waals surface area (Å²) in [5.41, 5.74) is 8.55. The van der Waals surface area contributed by atoms with Crippen molar-refractivity contribution in [2.45, 2.75) is 20.4 Å². The minimum Gasteiger partial charge on any atom is -0.364 e. The van der Waals surface area contributed by atoms with E-state index < -0.39 is 5.91 Å². The minimum absolute atomic E-state index is 0.287. The number of rotatable bonds is 7. The van der Waals surface area contributed by atoms with Gasteiger partial charge in [0.05, 0.1) is 5.69 Å². The first-order valence-electron chi connectivity index (χ1n) is 8.71. The Morgan fingerprint density at radius 3 is 2.68 bits per heavy atom. The highest BCUT2D eigenvalue weighted by atomic mass is 16.1. The van der Waals surface area contributed by atoms with Crippen LogP contribution in [0.15, 0.2) is 48.7 Å². The van der Waals surface area contributed by atoms with Crippen LogP contribution >= 0.6 is 0 Å². The van der Waals surface area contributed by atoms with Crippen molar-refractivity contribution in [1.29, 1.82) is 0 Å². The predicted molar refractivity (Wildman–Crippen MR) is 101 cm³/mol. The molecule has 0 bridgehead atoms. The molecule has 0 aliphatic heterocycles. The third-order valence-corrected chi connectivity index (χ3v) is 4.62. The molecule has 3 aromatic rings. The Morgan fingerprint density at radius 2 is 1.96 bits per heavy atom. The van der Waals surface area contributed by atoms with Crippen molar-refractivity contribution in [3.63, 3.8) is 0 Å². The molecule has 0 aliphatic carbocycles. The van der Waals surface area contributed by atoms with Gasteiger partial charge in [-0.05, 0) is 42.7 Å². The molecular weight excluding hydrogens is 312 g/mol. The Bertz CT molecular complexity index is 880. The number of amides is 1. The number of pyridine rings is 1. The molecule has 0 saturated carbocycles. The second-order valence-corrected chi connectivity index (χ2v) is 6.08. The highest BCUT2D eigenvalue weighted by molar-refractivity contribution is 5.91. The van der Waals surface area contributed by atoms with Crippen molar-refractivity contribution in [2.24, 2.45) is 5.73 Å². The summed E-state index contributed by atoms with van der Waals surface area (Å²) in [6, 6.07) is 13.7. The standard InChI is InChI=1S/C20H24N4O/c1-3-23(4-2)12-13-24-11-10-15-8-9-16(14-19(15)24)17-6-5-7-18(22-17)20(21)25/h5-11,14H,3-4,12-13H2,1-2H3,(H2,21,25). The number of nitrogens with two attached hydrogens (primary N) is 1. The quantitative estimate of drug-likeness (QED) is 0.721. The van der Waals surface area contributed by atoms with E-state index in [0.29, 0.717) is 0 Å². The fourth-order valence-corrected chi connectivity index (χ4v) is 3.06. The number of primary amides is 1. The Labute approximate surface area is 148 Å². The second kappa shape index (κ2) is 7.49. The molecule has 0 spiro atoms. The average Bonchev–Trinajstić information content (AvgIpc) is 3.05. The molecule has 0 saturated heterocycles. The van der Waals surface area contributed by atoms with E-state index in [2.05, 4.69) is 52.7 Å². The largest absolute Gasteiger partial charge is 0.364 e. The molecule has 0 radical (unpaired) electrons. The molecule has 25 heavy (non-hydrogen) atoms. The number of likely N-dealkylation sites (N-methyl/N-ethyl adjacent to an activating group) is 1. The van der Waals surface area contributed by atoms with Gasteiger partial charge in [-0.1, -0.05) is 32.0 Å². The van der Waals surface area contributed by atoms with Crippen molar-refractivity contribution in [3.05, 3.63) is 54.4 Å². The van der Waals surface area contributed by atoms with E-state index >= 15 is 0 Å². The summed E-state index contributed by atoms with van der Waals surface area (Å²) in [6.07, 6.45) is 2.13. The van der Waals surface area contributed by atoms with Crippen LogP contribution in [0.4, 0.5) is 0 Å². The number of aromatic nitrogens is 2.